The van der Waals surface area contributed by atoms with E-state index >= 15 is 0 Å². The molecular weight excluding hydrogens is 218 g/mol. The van der Waals surface area contributed by atoms with Crippen LogP contribution in [0.3, 0.4) is 0 Å². The number of benzene rings is 1. The molecule has 1 aliphatic heterocycles. The summed E-state index contributed by atoms with van der Waals surface area (Å²) < 4.78 is 0. The van der Waals surface area contributed by atoms with Crippen LogP contribution in [-0.4, -0.2) is 6.04 Å². The van der Waals surface area contributed by atoms with Gasteiger partial charge in [0.15, 0.2) is 0 Å². The van der Waals surface area contributed by atoms with Gasteiger partial charge in [-0.2, -0.15) is 0 Å². The van der Waals surface area contributed by atoms with E-state index in [1.54, 1.807) is 0 Å². The molecule has 1 nitrogen and oxygen atoms in total. The molecule has 0 fully saturated rings. The van der Waals surface area contributed by atoms with Gasteiger partial charge in [-0.25, -0.2) is 0 Å². The lowest BCUT2D eigenvalue weighted by Gasteiger charge is -2.23. The molecule has 1 aromatic carbocycles. The predicted molar refractivity (Wildman–Crippen MR) is 76.9 cm³/mol. The number of dihydropyridines is 1. The van der Waals surface area contributed by atoms with Gasteiger partial charge in [-0.15, -0.1) is 0 Å². The summed E-state index contributed by atoms with van der Waals surface area (Å²) in [5.41, 5.74) is 4.05. The van der Waals surface area contributed by atoms with E-state index in [4.69, 9.17) is 0 Å². The van der Waals surface area contributed by atoms with Crippen molar-refractivity contribution in [3.8, 4) is 0 Å². The Balaban J connectivity index is 1.87. The normalized spacial score (nSPS) is 22.1. The van der Waals surface area contributed by atoms with Crippen LogP contribution in [0.1, 0.15) is 18.4 Å². The lowest BCUT2D eigenvalue weighted by atomic mass is 9.93. The van der Waals surface area contributed by atoms with Crippen molar-refractivity contribution < 1.29 is 0 Å². The van der Waals surface area contributed by atoms with Gasteiger partial charge in [0.05, 0.1) is 6.04 Å². The Morgan fingerprint density at radius 1 is 1.11 bits per heavy atom. The standard InChI is InChI=1S/C17H17N/c1-3-7-14(8-4-1)16-11-12-18-17(13-16)15-9-5-2-6-10-15/h1-5,7-9,11-13,17-18H,6,10H2. The fraction of sp³-hybridized carbons (Fsp3) is 0.176. The maximum atomic E-state index is 3.43. The third kappa shape index (κ3) is 2.30. The van der Waals surface area contributed by atoms with Crippen molar-refractivity contribution in [1.82, 2.24) is 5.32 Å². The van der Waals surface area contributed by atoms with Crippen LogP contribution in [0.15, 0.2) is 72.5 Å². The Morgan fingerprint density at radius 3 is 2.78 bits per heavy atom. The largest absolute Gasteiger partial charge is 0.381 e. The van der Waals surface area contributed by atoms with Gasteiger partial charge in [0.25, 0.3) is 0 Å². The van der Waals surface area contributed by atoms with E-state index in [0.717, 1.165) is 12.8 Å². The molecule has 1 unspecified atom stereocenters. The molecule has 1 atom stereocenters. The van der Waals surface area contributed by atoms with E-state index in [-0.39, 0.29) is 0 Å². The molecule has 0 amide bonds. The maximum absolute atomic E-state index is 3.43. The van der Waals surface area contributed by atoms with Crippen LogP contribution in [0.2, 0.25) is 0 Å². The summed E-state index contributed by atoms with van der Waals surface area (Å²) in [6, 6.07) is 10.9. The van der Waals surface area contributed by atoms with Crippen LogP contribution >= 0.6 is 0 Å². The second-order valence-corrected chi connectivity index (χ2v) is 4.67. The first-order valence-corrected chi connectivity index (χ1v) is 6.49. The molecule has 90 valence electrons. The first-order valence-electron chi connectivity index (χ1n) is 6.49. The highest BCUT2D eigenvalue weighted by molar-refractivity contribution is 5.75. The predicted octanol–water partition coefficient (Wildman–Crippen LogP) is 3.83. The van der Waals surface area contributed by atoms with Gasteiger partial charge in [0.2, 0.25) is 0 Å². The molecule has 0 saturated carbocycles. The van der Waals surface area contributed by atoms with Gasteiger partial charge in [0.1, 0.15) is 0 Å². The Bertz CT molecular complexity index is 532. The Labute approximate surface area is 108 Å². The summed E-state index contributed by atoms with van der Waals surface area (Å²) >= 11 is 0. The van der Waals surface area contributed by atoms with Gasteiger partial charge in [-0.1, -0.05) is 54.6 Å². The molecule has 0 spiro atoms. The van der Waals surface area contributed by atoms with E-state index in [2.05, 4.69) is 72.2 Å². The Kier molecular flexibility index (Phi) is 3.14. The second-order valence-electron chi connectivity index (χ2n) is 4.67. The third-order valence-corrected chi connectivity index (χ3v) is 3.44. The van der Waals surface area contributed by atoms with Gasteiger partial charge < -0.3 is 5.32 Å². The summed E-state index contributed by atoms with van der Waals surface area (Å²) in [6.45, 7) is 0. The van der Waals surface area contributed by atoms with Crippen LogP contribution in [0.5, 0.6) is 0 Å². The van der Waals surface area contributed by atoms with Crippen LogP contribution in [0.25, 0.3) is 5.57 Å². The number of hydrogen-bond donors (Lipinski definition) is 1. The van der Waals surface area contributed by atoms with E-state index in [1.165, 1.54) is 16.7 Å². The monoisotopic (exact) mass is 235 g/mol. The first kappa shape index (κ1) is 11.1. The zero-order chi connectivity index (χ0) is 12.2. The number of hydrogen-bond acceptors (Lipinski definition) is 1. The minimum atomic E-state index is 0.343. The van der Waals surface area contributed by atoms with Gasteiger partial charge in [-0.05, 0) is 41.8 Å². The van der Waals surface area contributed by atoms with Gasteiger partial charge in [0, 0.05) is 0 Å². The van der Waals surface area contributed by atoms with Crippen molar-refractivity contribution >= 4 is 5.57 Å². The van der Waals surface area contributed by atoms with Gasteiger partial charge in [-0.3, -0.25) is 0 Å². The third-order valence-electron chi connectivity index (χ3n) is 3.44. The summed E-state index contributed by atoms with van der Waals surface area (Å²) in [4.78, 5) is 0. The molecule has 0 radical (unpaired) electrons. The summed E-state index contributed by atoms with van der Waals surface area (Å²) in [6.07, 6.45) is 15.5. The van der Waals surface area contributed by atoms with Crippen molar-refractivity contribution in [2.75, 3.05) is 0 Å². The lowest BCUT2D eigenvalue weighted by molar-refractivity contribution is 0.737. The maximum Gasteiger partial charge on any atom is 0.0664 e. The Hall–Kier alpha value is -2.02. The number of allylic oxidation sites excluding steroid dienone is 5. The first-order chi connectivity index (χ1) is 8.93. The summed E-state index contributed by atoms with van der Waals surface area (Å²) in [5.74, 6) is 0. The lowest BCUT2D eigenvalue weighted by Crippen LogP contribution is -2.27. The molecule has 1 aliphatic carbocycles. The molecule has 1 heterocycles. The molecule has 0 aromatic heterocycles. The highest BCUT2D eigenvalue weighted by Crippen LogP contribution is 2.24. The number of rotatable bonds is 2. The van der Waals surface area contributed by atoms with Crippen LogP contribution < -0.4 is 5.32 Å². The van der Waals surface area contributed by atoms with Gasteiger partial charge >= 0.3 is 0 Å². The number of nitrogens with one attached hydrogen (secondary N) is 1. The summed E-state index contributed by atoms with van der Waals surface area (Å²) in [7, 11) is 0. The zero-order valence-corrected chi connectivity index (χ0v) is 10.3. The average Bonchev–Trinajstić information content (AvgIpc) is 2.49. The van der Waals surface area contributed by atoms with E-state index in [0.29, 0.717) is 6.04 Å². The molecule has 1 N–H and O–H groups in total. The fourth-order valence-electron chi connectivity index (χ4n) is 2.44. The molecule has 1 heteroatoms. The molecule has 3 rings (SSSR count). The quantitative estimate of drug-likeness (QED) is 0.821. The molecular formula is C17H17N. The SMILES string of the molecule is C1=CCCC(C2C=C(c3ccccc3)C=CN2)=C1. The van der Waals surface area contributed by atoms with Crippen LogP contribution in [0.4, 0.5) is 0 Å². The highest BCUT2D eigenvalue weighted by atomic mass is 14.9. The van der Waals surface area contributed by atoms with E-state index in [1.807, 2.05) is 0 Å². The second kappa shape index (κ2) is 5.09. The molecule has 18 heavy (non-hydrogen) atoms. The molecule has 0 bridgehead atoms. The minimum absolute atomic E-state index is 0.343. The minimum Gasteiger partial charge on any atom is -0.381 e. The average molecular weight is 235 g/mol. The molecule has 1 aromatic rings. The van der Waals surface area contributed by atoms with Crippen LogP contribution in [-0.2, 0) is 0 Å². The van der Waals surface area contributed by atoms with Crippen molar-refractivity contribution in [2.45, 2.75) is 18.9 Å². The molecule has 0 saturated heterocycles. The van der Waals surface area contributed by atoms with Crippen molar-refractivity contribution in [1.29, 1.82) is 0 Å². The fourth-order valence-corrected chi connectivity index (χ4v) is 2.44. The topological polar surface area (TPSA) is 12.0 Å². The zero-order valence-electron chi connectivity index (χ0n) is 10.3. The van der Waals surface area contributed by atoms with E-state index < -0.39 is 0 Å². The van der Waals surface area contributed by atoms with Crippen molar-refractivity contribution in [2.24, 2.45) is 0 Å². The Morgan fingerprint density at radius 2 is 2.00 bits per heavy atom. The van der Waals surface area contributed by atoms with Crippen molar-refractivity contribution in [3.05, 3.63) is 78.0 Å². The summed E-state index contributed by atoms with van der Waals surface area (Å²) in [5, 5.41) is 3.43. The van der Waals surface area contributed by atoms with Crippen molar-refractivity contribution in [3.63, 3.8) is 0 Å². The van der Waals surface area contributed by atoms with Crippen LogP contribution in [0, 0.1) is 0 Å². The molecule has 2 aliphatic rings. The highest BCUT2D eigenvalue weighted by Gasteiger charge is 2.14. The van der Waals surface area contributed by atoms with E-state index in [9.17, 15) is 0 Å². The smallest absolute Gasteiger partial charge is 0.0664 e.